The zero-order valence-electron chi connectivity index (χ0n) is 9.62. The second-order valence-electron chi connectivity index (χ2n) is 4.16. The van der Waals surface area contributed by atoms with Crippen molar-refractivity contribution >= 4 is 10.9 Å². The van der Waals surface area contributed by atoms with E-state index < -0.39 is 0 Å². The van der Waals surface area contributed by atoms with Gasteiger partial charge in [-0.2, -0.15) is 0 Å². The molecule has 2 rings (SSSR count). The number of aromatic nitrogens is 1. The van der Waals surface area contributed by atoms with Gasteiger partial charge in [-0.25, -0.2) is 0 Å². The third kappa shape index (κ3) is 1.65. The summed E-state index contributed by atoms with van der Waals surface area (Å²) < 4.78 is 2.29. The first-order valence-electron chi connectivity index (χ1n) is 5.49. The summed E-state index contributed by atoms with van der Waals surface area (Å²) in [4.78, 5) is 0. The highest BCUT2D eigenvalue weighted by molar-refractivity contribution is 5.82. The summed E-state index contributed by atoms with van der Waals surface area (Å²) in [5.74, 6) is 0. The fourth-order valence-corrected chi connectivity index (χ4v) is 2.14. The Hall–Kier alpha value is -1.28. The topological polar surface area (TPSA) is 30.9 Å². The number of benzene rings is 1. The number of fused-ring (bicyclic) bond motifs is 1. The second kappa shape index (κ2) is 3.70. The molecule has 2 heteroatoms. The van der Waals surface area contributed by atoms with Crippen molar-refractivity contribution < 1.29 is 0 Å². The maximum absolute atomic E-state index is 5.97. The molecular weight excluding hydrogens is 184 g/mol. The van der Waals surface area contributed by atoms with Crippen molar-refractivity contribution in [3.05, 3.63) is 35.5 Å². The van der Waals surface area contributed by atoms with E-state index in [2.05, 4.69) is 42.7 Å². The van der Waals surface area contributed by atoms with Crippen molar-refractivity contribution in [2.24, 2.45) is 5.73 Å². The van der Waals surface area contributed by atoms with Crippen LogP contribution in [0.15, 0.2) is 24.3 Å². The van der Waals surface area contributed by atoms with Crippen LogP contribution in [0, 0.1) is 6.92 Å². The molecule has 0 bridgehead atoms. The zero-order chi connectivity index (χ0) is 11.0. The van der Waals surface area contributed by atoms with Crippen LogP contribution in [0.25, 0.3) is 10.9 Å². The molecule has 0 saturated heterocycles. The molecule has 1 aromatic heterocycles. The fraction of sp³-hybridized carbons (Fsp3) is 0.385. The Kier molecular flexibility index (Phi) is 2.53. The molecule has 2 N–H and O–H groups in total. The lowest BCUT2D eigenvalue weighted by Crippen LogP contribution is -2.11. The lowest BCUT2D eigenvalue weighted by molar-refractivity contribution is 0.674. The Morgan fingerprint density at radius 2 is 2.07 bits per heavy atom. The van der Waals surface area contributed by atoms with E-state index in [4.69, 9.17) is 5.73 Å². The quantitative estimate of drug-likeness (QED) is 0.797. The Morgan fingerprint density at radius 3 is 2.67 bits per heavy atom. The number of rotatable bonds is 2. The van der Waals surface area contributed by atoms with Crippen LogP contribution in [0.3, 0.4) is 0 Å². The average Bonchev–Trinajstić information content (AvgIpc) is 2.55. The van der Waals surface area contributed by atoms with Crippen molar-refractivity contribution in [3.63, 3.8) is 0 Å². The average molecular weight is 202 g/mol. The Bertz CT molecular complexity index is 480. The lowest BCUT2D eigenvalue weighted by Gasteiger charge is -2.10. The van der Waals surface area contributed by atoms with Gasteiger partial charge in [-0.1, -0.05) is 11.6 Å². The van der Waals surface area contributed by atoms with Gasteiger partial charge in [-0.15, -0.1) is 0 Å². The van der Waals surface area contributed by atoms with Gasteiger partial charge in [0, 0.05) is 29.2 Å². The van der Waals surface area contributed by atoms with E-state index in [1.165, 1.54) is 22.2 Å². The van der Waals surface area contributed by atoms with Gasteiger partial charge >= 0.3 is 0 Å². The van der Waals surface area contributed by atoms with Gasteiger partial charge in [-0.3, -0.25) is 0 Å². The van der Waals surface area contributed by atoms with Gasteiger partial charge in [0.15, 0.2) is 0 Å². The van der Waals surface area contributed by atoms with E-state index in [1.807, 2.05) is 6.92 Å². The Balaban J connectivity index is 2.73. The van der Waals surface area contributed by atoms with Crippen LogP contribution in [-0.2, 0) is 6.54 Å². The normalized spacial score (nSPS) is 13.3. The van der Waals surface area contributed by atoms with Crippen LogP contribution in [0.2, 0.25) is 0 Å². The van der Waals surface area contributed by atoms with Crippen LogP contribution < -0.4 is 5.73 Å². The first-order valence-corrected chi connectivity index (χ1v) is 5.49. The number of hydrogen-bond donors (Lipinski definition) is 1. The number of hydrogen-bond acceptors (Lipinski definition) is 1. The van der Waals surface area contributed by atoms with E-state index in [0.717, 1.165) is 6.54 Å². The second-order valence-corrected chi connectivity index (χ2v) is 4.16. The van der Waals surface area contributed by atoms with Gasteiger partial charge in [0.05, 0.1) is 0 Å². The van der Waals surface area contributed by atoms with Gasteiger partial charge in [0.1, 0.15) is 0 Å². The van der Waals surface area contributed by atoms with Crippen molar-refractivity contribution in [2.45, 2.75) is 33.4 Å². The molecule has 2 aromatic rings. The van der Waals surface area contributed by atoms with E-state index in [0.29, 0.717) is 0 Å². The molecule has 0 amide bonds. The highest BCUT2D eigenvalue weighted by Crippen LogP contribution is 2.24. The van der Waals surface area contributed by atoms with E-state index in [9.17, 15) is 0 Å². The highest BCUT2D eigenvalue weighted by Gasteiger charge is 2.10. The van der Waals surface area contributed by atoms with E-state index >= 15 is 0 Å². The molecule has 0 radical (unpaired) electrons. The molecule has 0 spiro atoms. The molecule has 2 nitrogen and oxygen atoms in total. The largest absolute Gasteiger partial charge is 0.343 e. The van der Waals surface area contributed by atoms with Crippen LogP contribution in [0.1, 0.15) is 31.1 Å². The summed E-state index contributed by atoms with van der Waals surface area (Å²) in [7, 11) is 0. The van der Waals surface area contributed by atoms with Crippen molar-refractivity contribution in [1.29, 1.82) is 0 Å². The molecule has 0 aliphatic heterocycles. The predicted molar refractivity (Wildman–Crippen MR) is 65.0 cm³/mol. The van der Waals surface area contributed by atoms with E-state index in [-0.39, 0.29) is 6.04 Å². The maximum Gasteiger partial charge on any atom is 0.0483 e. The number of nitrogens with two attached hydrogens (primary N) is 1. The van der Waals surface area contributed by atoms with Crippen LogP contribution in [-0.4, -0.2) is 4.57 Å². The smallest absolute Gasteiger partial charge is 0.0483 e. The van der Waals surface area contributed by atoms with Gasteiger partial charge < -0.3 is 10.3 Å². The van der Waals surface area contributed by atoms with Crippen LogP contribution in [0.4, 0.5) is 0 Å². The summed E-state index contributed by atoms with van der Waals surface area (Å²) >= 11 is 0. The third-order valence-corrected chi connectivity index (χ3v) is 2.87. The van der Waals surface area contributed by atoms with Crippen molar-refractivity contribution in [1.82, 2.24) is 4.57 Å². The first-order chi connectivity index (χ1) is 7.13. The summed E-state index contributed by atoms with van der Waals surface area (Å²) in [5, 5.41) is 1.30. The number of aryl methyl sites for hydroxylation is 2. The SMILES string of the molecule is CCn1c(C(C)N)cc2cc(C)ccc21. The molecule has 15 heavy (non-hydrogen) atoms. The number of nitrogens with zero attached hydrogens (tertiary/aromatic N) is 1. The minimum atomic E-state index is 0.0951. The molecule has 1 atom stereocenters. The Labute approximate surface area is 90.7 Å². The predicted octanol–water partition coefficient (Wildman–Crippen LogP) is 2.99. The van der Waals surface area contributed by atoms with Gasteiger partial charge in [0.2, 0.25) is 0 Å². The highest BCUT2D eigenvalue weighted by atomic mass is 15.0. The molecule has 0 aliphatic carbocycles. The first kappa shape index (κ1) is 10.2. The summed E-state index contributed by atoms with van der Waals surface area (Å²) in [6.07, 6.45) is 0. The zero-order valence-corrected chi connectivity index (χ0v) is 9.62. The standard InChI is InChI=1S/C13H18N2/c1-4-15-12-6-5-9(2)7-11(12)8-13(15)10(3)14/h5-8,10H,4,14H2,1-3H3. The molecule has 1 unspecified atom stereocenters. The third-order valence-electron chi connectivity index (χ3n) is 2.87. The molecule has 80 valence electrons. The molecule has 0 aliphatic rings. The Morgan fingerprint density at radius 1 is 1.33 bits per heavy atom. The minimum absolute atomic E-state index is 0.0951. The van der Waals surface area contributed by atoms with E-state index in [1.54, 1.807) is 0 Å². The summed E-state index contributed by atoms with van der Waals surface area (Å²) in [6.45, 7) is 7.29. The fourth-order valence-electron chi connectivity index (χ4n) is 2.14. The van der Waals surface area contributed by atoms with Crippen molar-refractivity contribution in [3.8, 4) is 0 Å². The molecular formula is C13H18N2. The van der Waals surface area contributed by atoms with Gasteiger partial charge in [-0.05, 0) is 39.0 Å². The molecule has 0 saturated carbocycles. The maximum atomic E-state index is 5.97. The molecule has 0 fully saturated rings. The minimum Gasteiger partial charge on any atom is -0.343 e. The van der Waals surface area contributed by atoms with Crippen LogP contribution in [0.5, 0.6) is 0 Å². The lowest BCUT2D eigenvalue weighted by atomic mass is 10.2. The monoisotopic (exact) mass is 202 g/mol. The molecule has 1 heterocycles. The van der Waals surface area contributed by atoms with Crippen molar-refractivity contribution in [2.75, 3.05) is 0 Å². The molecule has 1 aromatic carbocycles. The summed E-state index contributed by atoms with van der Waals surface area (Å²) in [5.41, 5.74) is 9.78. The van der Waals surface area contributed by atoms with Gasteiger partial charge in [0.25, 0.3) is 0 Å². The van der Waals surface area contributed by atoms with Crippen LogP contribution >= 0.6 is 0 Å². The summed E-state index contributed by atoms with van der Waals surface area (Å²) in [6, 6.07) is 8.85.